The SMILES string of the molecule is Cc1ccc(S(=O)(=O)NCC(=O)O[C@H](C)C(=O)NCC(=O)Nc2ccc(F)c(F)c2F)cc1. The number of aryl methyl sites for hydroxylation is 1. The van der Waals surface area contributed by atoms with Crippen LogP contribution in [0.1, 0.15) is 12.5 Å². The third kappa shape index (κ3) is 7.29. The molecule has 0 spiro atoms. The van der Waals surface area contributed by atoms with Crippen molar-refractivity contribution in [2.45, 2.75) is 24.8 Å². The van der Waals surface area contributed by atoms with Crippen LogP contribution in [-0.4, -0.2) is 45.4 Å². The van der Waals surface area contributed by atoms with E-state index in [2.05, 4.69) is 5.32 Å². The van der Waals surface area contributed by atoms with Crippen LogP contribution in [0, 0.1) is 24.4 Å². The van der Waals surface area contributed by atoms with Gasteiger partial charge in [0.05, 0.1) is 17.1 Å². The first kappa shape index (κ1) is 25.8. The smallest absolute Gasteiger partial charge is 0.321 e. The van der Waals surface area contributed by atoms with E-state index in [4.69, 9.17) is 4.74 Å². The number of nitrogens with one attached hydrogen (secondary N) is 3. The predicted octanol–water partition coefficient (Wildman–Crippen LogP) is 1.38. The lowest BCUT2D eigenvalue weighted by Crippen LogP contribution is -2.41. The maximum atomic E-state index is 13.6. The average molecular weight is 487 g/mol. The number of carbonyl (C=O) groups is 3. The average Bonchev–Trinajstić information content (AvgIpc) is 2.76. The third-order valence-corrected chi connectivity index (χ3v) is 5.56. The highest BCUT2D eigenvalue weighted by Gasteiger charge is 2.21. The summed E-state index contributed by atoms with van der Waals surface area (Å²) in [4.78, 5) is 35.5. The van der Waals surface area contributed by atoms with Gasteiger partial charge in [-0.25, -0.2) is 21.6 Å². The van der Waals surface area contributed by atoms with Gasteiger partial charge in [-0.3, -0.25) is 14.4 Å². The van der Waals surface area contributed by atoms with E-state index in [0.717, 1.165) is 11.6 Å². The fourth-order valence-electron chi connectivity index (χ4n) is 2.38. The zero-order valence-electron chi connectivity index (χ0n) is 17.4. The van der Waals surface area contributed by atoms with Crippen molar-refractivity contribution < 1.29 is 40.7 Å². The van der Waals surface area contributed by atoms with Crippen molar-refractivity contribution in [3.8, 4) is 0 Å². The Hall–Kier alpha value is -3.45. The van der Waals surface area contributed by atoms with Crippen molar-refractivity contribution in [2.24, 2.45) is 0 Å². The first-order chi connectivity index (χ1) is 15.4. The number of halogens is 3. The molecule has 0 aromatic heterocycles. The van der Waals surface area contributed by atoms with E-state index in [9.17, 15) is 36.0 Å². The lowest BCUT2D eigenvalue weighted by molar-refractivity contribution is -0.153. The molecular weight excluding hydrogens is 467 g/mol. The summed E-state index contributed by atoms with van der Waals surface area (Å²) < 4.78 is 70.8. The number of sulfonamides is 1. The van der Waals surface area contributed by atoms with Crippen LogP contribution < -0.4 is 15.4 Å². The molecule has 3 N–H and O–H groups in total. The van der Waals surface area contributed by atoms with E-state index in [1.165, 1.54) is 19.1 Å². The molecule has 178 valence electrons. The Bertz CT molecular complexity index is 1160. The number of esters is 1. The lowest BCUT2D eigenvalue weighted by Gasteiger charge is -2.14. The minimum Gasteiger partial charge on any atom is -0.452 e. The number of rotatable bonds is 9. The molecule has 0 unspecified atom stereocenters. The van der Waals surface area contributed by atoms with Gasteiger partial charge in [0, 0.05) is 0 Å². The number of ether oxygens (including phenoxy) is 1. The minimum absolute atomic E-state index is 0.0600. The first-order valence-corrected chi connectivity index (χ1v) is 10.9. The van der Waals surface area contributed by atoms with E-state index in [1.54, 1.807) is 19.1 Å². The maximum Gasteiger partial charge on any atom is 0.321 e. The molecule has 2 rings (SSSR count). The Morgan fingerprint density at radius 3 is 2.24 bits per heavy atom. The Morgan fingerprint density at radius 2 is 1.61 bits per heavy atom. The summed E-state index contributed by atoms with van der Waals surface area (Å²) in [5.41, 5.74) is 0.213. The van der Waals surface area contributed by atoms with Gasteiger partial charge in [0.15, 0.2) is 23.6 Å². The number of hydrogen-bond acceptors (Lipinski definition) is 6. The normalized spacial score (nSPS) is 12.0. The molecule has 0 fully saturated rings. The molecule has 0 aliphatic heterocycles. The van der Waals surface area contributed by atoms with Gasteiger partial charge >= 0.3 is 5.97 Å². The van der Waals surface area contributed by atoms with Crippen LogP contribution in [0.2, 0.25) is 0 Å². The first-order valence-electron chi connectivity index (χ1n) is 9.37. The van der Waals surface area contributed by atoms with Crippen molar-refractivity contribution in [1.82, 2.24) is 10.0 Å². The quantitative estimate of drug-likeness (QED) is 0.362. The molecule has 1 atom stereocenters. The monoisotopic (exact) mass is 487 g/mol. The van der Waals surface area contributed by atoms with Crippen LogP contribution in [0.5, 0.6) is 0 Å². The van der Waals surface area contributed by atoms with Gasteiger partial charge in [-0.2, -0.15) is 4.72 Å². The molecular formula is C20H20F3N3O6S. The van der Waals surface area contributed by atoms with Crippen LogP contribution in [-0.2, 0) is 29.1 Å². The molecule has 0 bridgehead atoms. The lowest BCUT2D eigenvalue weighted by atomic mass is 10.2. The standard InChI is InChI=1S/C20H20F3N3O6S/c1-11-3-5-13(6-4-11)33(30,31)25-10-17(28)32-12(2)20(29)24-9-16(27)26-15-8-7-14(21)18(22)19(15)23/h3-8,12,25H,9-10H2,1-2H3,(H,24,29)(H,26,27)/t12-/m1/s1. The van der Waals surface area contributed by atoms with E-state index >= 15 is 0 Å². The highest BCUT2D eigenvalue weighted by Crippen LogP contribution is 2.19. The van der Waals surface area contributed by atoms with Gasteiger partial charge in [0.25, 0.3) is 5.91 Å². The molecule has 0 saturated carbocycles. The van der Waals surface area contributed by atoms with Crippen molar-refractivity contribution in [1.29, 1.82) is 0 Å². The summed E-state index contributed by atoms with van der Waals surface area (Å²) in [5.74, 6) is -7.74. The van der Waals surface area contributed by atoms with Crippen LogP contribution in [0.3, 0.4) is 0 Å². The molecule has 0 saturated heterocycles. The maximum absolute atomic E-state index is 13.6. The van der Waals surface area contributed by atoms with E-state index in [-0.39, 0.29) is 4.90 Å². The van der Waals surface area contributed by atoms with E-state index in [0.29, 0.717) is 6.07 Å². The van der Waals surface area contributed by atoms with Crippen molar-refractivity contribution in [2.75, 3.05) is 18.4 Å². The molecule has 0 aliphatic carbocycles. The van der Waals surface area contributed by atoms with Crippen molar-refractivity contribution >= 4 is 33.5 Å². The molecule has 0 heterocycles. The second kappa shape index (κ2) is 10.9. The third-order valence-electron chi connectivity index (χ3n) is 4.15. The van der Waals surface area contributed by atoms with Crippen LogP contribution in [0.15, 0.2) is 41.3 Å². The molecule has 0 radical (unpaired) electrons. The molecule has 2 amide bonds. The second-order valence-electron chi connectivity index (χ2n) is 6.76. The topological polar surface area (TPSA) is 131 Å². The van der Waals surface area contributed by atoms with Crippen molar-refractivity contribution in [3.63, 3.8) is 0 Å². The van der Waals surface area contributed by atoms with Gasteiger partial charge < -0.3 is 15.4 Å². The van der Waals surface area contributed by atoms with Crippen molar-refractivity contribution in [3.05, 3.63) is 59.4 Å². The summed E-state index contributed by atoms with van der Waals surface area (Å²) in [5, 5.41) is 4.05. The largest absolute Gasteiger partial charge is 0.452 e. The van der Waals surface area contributed by atoms with E-state index in [1.807, 2.05) is 10.0 Å². The Balaban J connectivity index is 1.80. The zero-order chi connectivity index (χ0) is 24.8. The van der Waals surface area contributed by atoms with Gasteiger partial charge in [0.1, 0.15) is 6.54 Å². The molecule has 2 aromatic carbocycles. The van der Waals surface area contributed by atoms with Gasteiger partial charge in [-0.15, -0.1) is 0 Å². The van der Waals surface area contributed by atoms with Crippen LogP contribution in [0.4, 0.5) is 18.9 Å². The second-order valence-corrected chi connectivity index (χ2v) is 8.53. The highest BCUT2D eigenvalue weighted by atomic mass is 32.2. The van der Waals surface area contributed by atoms with Crippen LogP contribution in [0.25, 0.3) is 0 Å². The molecule has 2 aromatic rings. The summed E-state index contributed by atoms with van der Waals surface area (Å²) in [6, 6.07) is 7.29. The zero-order valence-corrected chi connectivity index (χ0v) is 18.3. The number of benzene rings is 2. The Morgan fingerprint density at radius 1 is 0.970 bits per heavy atom. The van der Waals surface area contributed by atoms with Gasteiger partial charge in [-0.1, -0.05) is 17.7 Å². The predicted molar refractivity (Wildman–Crippen MR) is 110 cm³/mol. The minimum atomic E-state index is -3.97. The molecule has 9 nitrogen and oxygen atoms in total. The van der Waals surface area contributed by atoms with Gasteiger partial charge in [0.2, 0.25) is 15.9 Å². The molecule has 13 heteroatoms. The summed E-state index contributed by atoms with van der Waals surface area (Å²) in [7, 11) is -3.97. The number of amides is 2. The highest BCUT2D eigenvalue weighted by molar-refractivity contribution is 7.89. The number of anilines is 1. The fourth-order valence-corrected chi connectivity index (χ4v) is 3.34. The summed E-state index contributed by atoms with van der Waals surface area (Å²) >= 11 is 0. The Labute approximate surface area is 187 Å². The summed E-state index contributed by atoms with van der Waals surface area (Å²) in [6.45, 7) is 1.51. The fraction of sp³-hybridized carbons (Fsp3) is 0.250. The van der Waals surface area contributed by atoms with E-state index < -0.39 is 70.1 Å². The van der Waals surface area contributed by atoms with Crippen LogP contribution >= 0.6 is 0 Å². The number of hydrogen-bond donors (Lipinski definition) is 3. The Kier molecular flexibility index (Phi) is 8.54. The molecule has 0 aliphatic rings. The van der Waals surface area contributed by atoms with Gasteiger partial charge in [-0.05, 0) is 38.1 Å². The molecule has 33 heavy (non-hydrogen) atoms. The number of carbonyl (C=O) groups excluding carboxylic acids is 3. The summed E-state index contributed by atoms with van der Waals surface area (Å²) in [6.07, 6.45) is -1.39.